The lowest BCUT2D eigenvalue weighted by atomic mass is 10.4. The maximum Gasteiger partial charge on any atom is 0.317 e. The van der Waals surface area contributed by atoms with Crippen molar-refractivity contribution < 1.29 is 9.53 Å². The molecular formula is C8H7NO2S. The van der Waals surface area contributed by atoms with Gasteiger partial charge in [-0.3, -0.25) is 9.78 Å². The van der Waals surface area contributed by atoms with Gasteiger partial charge in [0.15, 0.2) is 5.44 Å². The maximum atomic E-state index is 10.8. The number of nitrogens with zero attached hydrogens (tertiary/aromatic N) is 1. The quantitative estimate of drug-likeness (QED) is 0.613. The number of rotatable bonds is 1. The Morgan fingerprint density at radius 3 is 3.08 bits per heavy atom. The minimum absolute atomic E-state index is 0.157. The van der Waals surface area contributed by atoms with Gasteiger partial charge in [0.2, 0.25) is 0 Å². The van der Waals surface area contributed by atoms with Gasteiger partial charge in [0, 0.05) is 6.20 Å². The Morgan fingerprint density at radius 2 is 2.50 bits per heavy atom. The van der Waals surface area contributed by atoms with Gasteiger partial charge in [-0.25, -0.2) is 0 Å². The third kappa shape index (κ3) is 1.43. The molecule has 0 radical (unpaired) electrons. The second-order valence-corrected chi connectivity index (χ2v) is 3.44. The predicted octanol–water partition coefficient (Wildman–Crippen LogP) is 1.37. The average molecular weight is 181 g/mol. The Kier molecular flexibility index (Phi) is 1.99. The summed E-state index contributed by atoms with van der Waals surface area (Å²) in [6.07, 6.45) is 1.70. The lowest BCUT2D eigenvalue weighted by Crippen LogP contribution is -1.99. The van der Waals surface area contributed by atoms with E-state index < -0.39 is 0 Å². The minimum Gasteiger partial charge on any atom is -0.444 e. The normalized spacial score (nSPS) is 22.3. The summed E-state index contributed by atoms with van der Waals surface area (Å²) in [6.45, 7) is 0. The number of esters is 1. The number of pyridine rings is 1. The van der Waals surface area contributed by atoms with Crippen LogP contribution in [-0.2, 0) is 9.53 Å². The maximum absolute atomic E-state index is 10.8. The summed E-state index contributed by atoms with van der Waals surface area (Å²) in [5.41, 5.74) is 0.618. The topological polar surface area (TPSA) is 39.2 Å². The van der Waals surface area contributed by atoms with Gasteiger partial charge in [-0.1, -0.05) is 17.8 Å². The van der Waals surface area contributed by atoms with Crippen molar-refractivity contribution in [3.63, 3.8) is 0 Å². The number of thioether (sulfide) groups is 1. The Morgan fingerprint density at radius 1 is 1.58 bits per heavy atom. The molecule has 1 aromatic rings. The molecule has 0 aromatic carbocycles. The number of cyclic esters (lactones) is 1. The number of aromatic nitrogens is 1. The summed E-state index contributed by atoms with van der Waals surface area (Å²) in [4.78, 5) is 14.9. The van der Waals surface area contributed by atoms with E-state index in [0.717, 1.165) is 5.69 Å². The molecule has 0 saturated carbocycles. The van der Waals surface area contributed by atoms with Crippen molar-refractivity contribution in [2.24, 2.45) is 0 Å². The zero-order valence-electron chi connectivity index (χ0n) is 6.27. The summed E-state index contributed by atoms with van der Waals surface area (Å²) in [5.74, 6) is 0.275. The highest BCUT2D eigenvalue weighted by Crippen LogP contribution is 2.33. The van der Waals surface area contributed by atoms with Gasteiger partial charge in [-0.15, -0.1) is 0 Å². The van der Waals surface area contributed by atoms with Gasteiger partial charge in [-0.05, 0) is 12.1 Å². The average Bonchev–Trinajstić information content (AvgIpc) is 2.54. The van der Waals surface area contributed by atoms with Crippen molar-refractivity contribution in [3.05, 3.63) is 30.1 Å². The fourth-order valence-electron chi connectivity index (χ4n) is 0.992. The van der Waals surface area contributed by atoms with E-state index in [9.17, 15) is 4.79 Å². The zero-order chi connectivity index (χ0) is 8.39. The fourth-order valence-corrected chi connectivity index (χ4v) is 1.83. The molecule has 2 heterocycles. The summed E-state index contributed by atoms with van der Waals surface area (Å²) in [5, 5.41) is 0. The molecule has 1 saturated heterocycles. The molecule has 12 heavy (non-hydrogen) atoms. The van der Waals surface area contributed by atoms with E-state index in [0.29, 0.717) is 5.75 Å². The molecule has 1 unspecified atom stereocenters. The molecule has 1 fully saturated rings. The van der Waals surface area contributed by atoms with Crippen molar-refractivity contribution in [3.8, 4) is 0 Å². The lowest BCUT2D eigenvalue weighted by molar-refractivity contribution is -0.140. The SMILES string of the molecule is O=C1CSC(c2ccccn2)O1. The van der Waals surface area contributed by atoms with Crippen LogP contribution >= 0.6 is 11.8 Å². The van der Waals surface area contributed by atoms with Crippen molar-refractivity contribution in [1.82, 2.24) is 4.98 Å². The number of hydrogen-bond donors (Lipinski definition) is 0. The summed E-state index contributed by atoms with van der Waals surface area (Å²) >= 11 is 1.47. The number of hydrogen-bond acceptors (Lipinski definition) is 4. The number of ether oxygens (including phenoxy) is 1. The lowest BCUT2D eigenvalue weighted by Gasteiger charge is -2.05. The molecule has 1 atom stereocenters. The molecule has 1 aliphatic heterocycles. The van der Waals surface area contributed by atoms with Gasteiger partial charge in [0.1, 0.15) is 0 Å². The number of carbonyl (C=O) groups is 1. The van der Waals surface area contributed by atoms with Crippen molar-refractivity contribution in [2.45, 2.75) is 5.44 Å². The first-order chi connectivity index (χ1) is 5.86. The molecular weight excluding hydrogens is 174 g/mol. The minimum atomic E-state index is -0.196. The fraction of sp³-hybridized carbons (Fsp3) is 0.250. The first kappa shape index (κ1) is 7.61. The Labute approximate surface area is 74.1 Å². The standard InChI is InChI=1S/C8H7NO2S/c10-7-5-12-8(11-7)6-3-1-2-4-9-6/h1-4,8H,5H2. The van der Waals surface area contributed by atoms with E-state index in [-0.39, 0.29) is 11.4 Å². The van der Waals surface area contributed by atoms with Crippen LogP contribution in [0, 0.1) is 0 Å². The zero-order valence-corrected chi connectivity index (χ0v) is 7.08. The molecule has 0 amide bonds. The molecule has 1 aromatic heterocycles. The first-order valence-corrected chi connectivity index (χ1v) is 4.63. The molecule has 0 aliphatic carbocycles. The predicted molar refractivity (Wildman–Crippen MR) is 45.5 cm³/mol. The molecule has 2 rings (SSSR count). The van der Waals surface area contributed by atoms with Crippen LogP contribution in [-0.4, -0.2) is 16.7 Å². The Bertz CT molecular complexity index is 288. The van der Waals surface area contributed by atoms with Crippen molar-refractivity contribution in [1.29, 1.82) is 0 Å². The second-order valence-electron chi connectivity index (χ2n) is 2.39. The van der Waals surface area contributed by atoms with E-state index in [4.69, 9.17) is 4.74 Å². The van der Waals surface area contributed by atoms with E-state index in [1.54, 1.807) is 6.20 Å². The van der Waals surface area contributed by atoms with Gasteiger partial charge in [0.05, 0.1) is 11.4 Å². The third-order valence-corrected chi connectivity index (χ3v) is 2.56. The summed E-state index contributed by atoms with van der Waals surface area (Å²) in [6, 6.07) is 5.58. The third-order valence-electron chi connectivity index (χ3n) is 1.52. The summed E-state index contributed by atoms with van der Waals surface area (Å²) < 4.78 is 5.01. The van der Waals surface area contributed by atoms with Crippen LogP contribution in [0.15, 0.2) is 24.4 Å². The monoisotopic (exact) mass is 181 g/mol. The molecule has 1 aliphatic rings. The van der Waals surface area contributed by atoms with E-state index in [2.05, 4.69) is 4.98 Å². The highest BCUT2D eigenvalue weighted by molar-refractivity contribution is 8.00. The van der Waals surface area contributed by atoms with Gasteiger partial charge in [0.25, 0.3) is 0 Å². The Balaban J connectivity index is 2.16. The van der Waals surface area contributed by atoms with Gasteiger partial charge >= 0.3 is 5.97 Å². The van der Waals surface area contributed by atoms with Crippen molar-refractivity contribution >= 4 is 17.7 Å². The van der Waals surface area contributed by atoms with Crippen LogP contribution in [0.4, 0.5) is 0 Å². The van der Waals surface area contributed by atoms with Crippen LogP contribution in [0.3, 0.4) is 0 Å². The van der Waals surface area contributed by atoms with Crippen LogP contribution in [0.1, 0.15) is 11.1 Å². The van der Waals surface area contributed by atoms with Crippen LogP contribution in [0.2, 0.25) is 0 Å². The molecule has 0 N–H and O–H groups in total. The van der Waals surface area contributed by atoms with Crippen LogP contribution in [0.5, 0.6) is 0 Å². The molecule has 0 bridgehead atoms. The smallest absolute Gasteiger partial charge is 0.317 e. The van der Waals surface area contributed by atoms with Crippen LogP contribution < -0.4 is 0 Å². The van der Waals surface area contributed by atoms with E-state index >= 15 is 0 Å². The molecule has 0 spiro atoms. The molecule has 4 heteroatoms. The second kappa shape index (κ2) is 3.15. The first-order valence-electron chi connectivity index (χ1n) is 3.58. The number of carbonyl (C=O) groups excluding carboxylic acids is 1. The van der Waals surface area contributed by atoms with Crippen molar-refractivity contribution in [2.75, 3.05) is 5.75 Å². The highest BCUT2D eigenvalue weighted by Gasteiger charge is 2.25. The van der Waals surface area contributed by atoms with E-state index in [1.807, 2.05) is 18.2 Å². The van der Waals surface area contributed by atoms with Gasteiger partial charge in [-0.2, -0.15) is 0 Å². The highest BCUT2D eigenvalue weighted by atomic mass is 32.2. The molecule has 62 valence electrons. The van der Waals surface area contributed by atoms with Crippen LogP contribution in [0.25, 0.3) is 0 Å². The summed E-state index contributed by atoms with van der Waals surface area (Å²) in [7, 11) is 0. The molecule has 3 nitrogen and oxygen atoms in total. The van der Waals surface area contributed by atoms with Gasteiger partial charge < -0.3 is 4.74 Å². The largest absolute Gasteiger partial charge is 0.444 e. The van der Waals surface area contributed by atoms with E-state index in [1.165, 1.54) is 11.8 Å². The Hall–Kier alpha value is -1.03.